The molecule has 0 bridgehead atoms. The van der Waals surface area contributed by atoms with Crippen molar-refractivity contribution < 1.29 is 4.79 Å². The molecule has 3 N–H and O–H groups in total. The Kier molecular flexibility index (Phi) is 4.83. The van der Waals surface area contributed by atoms with Crippen LogP contribution < -0.4 is 11.1 Å². The van der Waals surface area contributed by atoms with Gasteiger partial charge in [0.2, 0.25) is 5.91 Å². The van der Waals surface area contributed by atoms with E-state index in [0.717, 1.165) is 31.2 Å². The van der Waals surface area contributed by atoms with Gasteiger partial charge in [-0.15, -0.1) is 0 Å². The zero-order valence-corrected chi connectivity index (χ0v) is 12.0. The molecule has 0 radical (unpaired) electrons. The van der Waals surface area contributed by atoms with E-state index >= 15 is 0 Å². The van der Waals surface area contributed by atoms with Gasteiger partial charge in [-0.25, -0.2) is 0 Å². The molecule has 0 aliphatic heterocycles. The average molecular weight is 281 g/mol. The lowest BCUT2D eigenvalue weighted by molar-refractivity contribution is -0.120. The maximum absolute atomic E-state index is 12.4. The zero-order valence-electron chi connectivity index (χ0n) is 11.3. The lowest BCUT2D eigenvalue weighted by Crippen LogP contribution is -2.38. The number of carbonyl (C=O) groups excluding carboxylic acids is 1. The van der Waals surface area contributed by atoms with E-state index in [1.807, 2.05) is 19.1 Å². The van der Waals surface area contributed by atoms with Gasteiger partial charge in [-0.05, 0) is 31.4 Å². The third-order valence-corrected chi connectivity index (χ3v) is 4.19. The summed E-state index contributed by atoms with van der Waals surface area (Å²) in [5, 5.41) is 3.53. The van der Waals surface area contributed by atoms with Crippen molar-refractivity contribution >= 4 is 23.2 Å². The number of hydrogen-bond donors (Lipinski definition) is 2. The number of para-hydroxylation sites is 1. The Labute approximate surface area is 119 Å². The van der Waals surface area contributed by atoms with Gasteiger partial charge in [0.05, 0.1) is 16.6 Å². The van der Waals surface area contributed by atoms with Gasteiger partial charge in [0.25, 0.3) is 0 Å². The van der Waals surface area contributed by atoms with E-state index in [2.05, 4.69) is 5.32 Å². The molecule has 4 heteroatoms. The fraction of sp³-hybridized carbons (Fsp3) is 0.533. The molecule has 2 rings (SSSR count). The van der Waals surface area contributed by atoms with Crippen LogP contribution in [0.3, 0.4) is 0 Å². The molecular formula is C15H21ClN2O. The highest BCUT2D eigenvalue weighted by atomic mass is 35.5. The molecule has 1 aromatic rings. The van der Waals surface area contributed by atoms with Crippen molar-refractivity contribution in [2.24, 2.45) is 11.7 Å². The van der Waals surface area contributed by atoms with Crippen molar-refractivity contribution in [3.05, 3.63) is 28.8 Å². The first-order valence-corrected chi connectivity index (χ1v) is 7.29. The fourth-order valence-corrected chi connectivity index (χ4v) is 2.94. The summed E-state index contributed by atoms with van der Waals surface area (Å²) in [6.45, 7) is 1.94. The van der Waals surface area contributed by atoms with E-state index in [1.54, 1.807) is 6.07 Å². The normalized spacial score (nSPS) is 23.7. The van der Waals surface area contributed by atoms with Crippen LogP contribution in [-0.4, -0.2) is 11.9 Å². The van der Waals surface area contributed by atoms with Gasteiger partial charge >= 0.3 is 0 Å². The van der Waals surface area contributed by atoms with E-state index < -0.39 is 0 Å². The molecule has 1 aromatic carbocycles. The van der Waals surface area contributed by atoms with Gasteiger partial charge < -0.3 is 11.1 Å². The van der Waals surface area contributed by atoms with Gasteiger partial charge in [0.1, 0.15) is 0 Å². The molecule has 1 amide bonds. The first kappa shape index (κ1) is 14.4. The Bertz CT molecular complexity index is 441. The topological polar surface area (TPSA) is 55.1 Å². The lowest BCUT2D eigenvalue weighted by Gasteiger charge is -2.21. The van der Waals surface area contributed by atoms with E-state index in [1.165, 1.54) is 6.42 Å². The van der Waals surface area contributed by atoms with Crippen molar-refractivity contribution in [3.63, 3.8) is 0 Å². The monoisotopic (exact) mass is 280 g/mol. The number of carbonyl (C=O) groups is 1. The highest BCUT2D eigenvalue weighted by molar-refractivity contribution is 6.33. The molecule has 1 aliphatic rings. The second-order valence-electron chi connectivity index (χ2n) is 5.33. The van der Waals surface area contributed by atoms with Crippen LogP contribution in [0.1, 0.15) is 37.7 Å². The lowest BCUT2D eigenvalue weighted by atomic mass is 9.94. The van der Waals surface area contributed by atoms with Crippen LogP contribution in [0.2, 0.25) is 5.02 Å². The summed E-state index contributed by atoms with van der Waals surface area (Å²) in [6.07, 6.45) is 5.17. The van der Waals surface area contributed by atoms with Crippen molar-refractivity contribution in [1.29, 1.82) is 0 Å². The number of rotatable bonds is 2. The third kappa shape index (κ3) is 3.48. The summed E-state index contributed by atoms with van der Waals surface area (Å²) in [7, 11) is 0. The summed E-state index contributed by atoms with van der Waals surface area (Å²) >= 11 is 6.14. The Morgan fingerprint density at radius 2 is 2.05 bits per heavy atom. The quantitative estimate of drug-likeness (QED) is 0.815. The van der Waals surface area contributed by atoms with E-state index in [9.17, 15) is 4.79 Å². The molecule has 104 valence electrons. The van der Waals surface area contributed by atoms with Crippen LogP contribution in [0.4, 0.5) is 5.69 Å². The minimum Gasteiger partial charge on any atom is -0.327 e. The molecule has 0 spiro atoms. The van der Waals surface area contributed by atoms with Crippen LogP contribution in [0.5, 0.6) is 0 Å². The Morgan fingerprint density at radius 1 is 1.32 bits per heavy atom. The smallest absolute Gasteiger partial charge is 0.229 e. The molecule has 0 aromatic heterocycles. The molecular weight excluding hydrogens is 260 g/mol. The largest absolute Gasteiger partial charge is 0.327 e. The number of nitrogens with one attached hydrogen (secondary N) is 1. The van der Waals surface area contributed by atoms with Gasteiger partial charge in [-0.3, -0.25) is 4.79 Å². The number of nitrogens with two attached hydrogens (primary N) is 1. The minimum absolute atomic E-state index is 0.00519. The van der Waals surface area contributed by atoms with E-state index in [-0.39, 0.29) is 17.9 Å². The highest BCUT2D eigenvalue weighted by Crippen LogP contribution is 2.28. The SMILES string of the molecule is Cc1cccc(Cl)c1NC(=O)C1CCCCCC1N. The number of amides is 1. The molecule has 0 heterocycles. The maximum Gasteiger partial charge on any atom is 0.229 e. The standard InChI is InChI=1S/C15H21ClN2O/c1-10-6-5-8-12(16)14(10)18-15(19)11-7-3-2-4-9-13(11)17/h5-6,8,11,13H,2-4,7,9,17H2,1H3,(H,18,19). The van der Waals surface area contributed by atoms with Crippen LogP contribution in [0, 0.1) is 12.8 Å². The predicted molar refractivity (Wildman–Crippen MR) is 79.4 cm³/mol. The van der Waals surface area contributed by atoms with Crippen molar-refractivity contribution in [3.8, 4) is 0 Å². The Morgan fingerprint density at radius 3 is 2.79 bits per heavy atom. The molecule has 1 aliphatic carbocycles. The summed E-state index contributed by atoms with van der Waals surface area (Å²) in [4.78, 5) is 12.4. The summed E-state index contributed by atoms with van der Waals surface area (Å²) < 4.78 is 0. The zero-order chi connectivity index (χ0) is 13.8. The average Bonchev–Trinajstić information content (AvgIpc) is 2.58. The number of aryl methyl sites for hydroxylation is 1. The summed E-state index contributed by atoms with van der Waals surface area (Å²) in [5.41, 5.74) is 7.80. The molecule has 2 unspecified atom stereocenters. The first-order valence-electron chi connectivity index (χ1n) is 6.91. The second kappa shape index (κ2) is 6.40. The van der Waals surface area contributed by atoms with Crippen LogP contribution in [-0.2, 0) is 4.79 Å². The molecule has 0 saturated heterocycles. The predicted octanol–water partition coefficient (Wildman–Crippen LogP) is 3.49. The molecule has 2 atom stereocenters. The second-order valence-corrected chi connectivity index (χ2v) is 5.74. The van der Waals surface area contributed by atoms with E-state index in [0.29, 0.717) is 10.7 Å². The van der Waals surface area contributed by atoms with Crippen LogP contribution >= 0.6 is 11.6 Å². The molecule has 19 heavy (non-hydrogen) atoms. The highest BCUT2D eigenvalue weighted by Gasteiger charge is 2.27. The number of hydrogen-bond acceptors (Lipinski definition) is 2. The Hall–Kier alpha value is -1.06. The van der Waals surface area contributed by atoms with E-state index in [4.69, 9.17) is 17.3 Å². The summed E-state index contributed by atoms with van der Waals surface area (Å²) in [5.74, 6) is -0.0937. The maximum atomic E-state index is 12.4. The van der Waals surface area contributed by atoms with Gasteiger partial charge in [0, 0.05) is 6.04 Å². The van der Waals surface area contributed by atoms with Crippen molar-refractivity contribution in [2.45, 2.75) is 45.1 Å². The molecule has 1 fully saturated rings. The first-order chi connectivity index (χ1) is 9.09. The van der Waals surface area contributed by atoms with Gasteiger partial charge in [-0.2, -0.15) is 0 Å². The number of halogens is 1. The van der Waals surface area contributed by atoms with Crippen molar-refractivity contribution in [2.75, 3.05) is 5.32 Å². The van der Waals surface area contributed by atoms with Gasteiger partial charge in [0.15, 0.2) is 0 Å². The minimum atomic E-state index is -0.0989. The van der Waals surface area contributed by atoms with Crippen molar-refractivity contribution in [1.82, 2.24) is 0 Å². The summed E-state index contributed by atoms with van der Waals surface area (Å²) in [6, 6.07) is 5.57. The van der Waals surface area contributed by atoms with Crippen LogP contribution in [0.25, 0.3) is 0 Å². The number of anilines is 1. The molecule has 1 saturated carbocycles. The Balaban J connectivity index is 2.11. The van der Waals surface area contributed by atoms with Crippen LogP contribution in [0.15, 0.2) is 18.2 Å². The molecule has 3 nitrogen and oxygen atoms in total. The third-order valence-electron chi connectivity index (χ3n) is 3.88. The number of benzene rings is 1. The van der Waals surface area contributed by atoms with Gasteiger partial charge in [-0.1, -0.05) is 43.0 Å². The fourth-order valence-electron chi connectivity index (χ4n) is 2.67.